The van der Waals surface area contributed by atoms with Gasteiger partial charge in [0.1, 0.15) is 0 Å². The van der Waals surface area contributed by atoms with E-state index in [0.717, 1.165) is 24.2 Å². The molecule has 0 saturated heterocycles. The van der Waals surface area contributed by atoms with Crippen LogP contribution in [0.25, 0.3) is 0 Å². The van der Waals surface area contributed by atoms with E-state index in [-0.39, 0.29) is 0 Å². The van der Waals surface area contributed by atoms with E-state index < -0.39 is 0 Å². The molecule has 3 rings (SSSR count). The number of H-pyrrole nitrogens is 1. The van der Waals surface area contributed by atoms with Gasteiger partial charge in [-0.25, -0.2) is 0 Å². The highest BCUT2D eigenvalue weighted by Gasteiger charge is 2.30. The minimum Gasteiger partial charge on any atom is -0.372 e. The van der Waals surface area contributed by atoms with Crippen LogP contribution in [0.1, 0.15) is 38.8 Å². The Hall–Kier alpha value is -2.03. The topological polar surface area (TPSA) is 36.1 Å². The molecule has 19 heavy (non-hydrogen) atoms. The number of carbonyl (C=O) groups is 1. The second-order valence-corrected chi connectivity index (χ2v) is 5.42. The average molecular weight is 254 g/mol. The van der Waals surface area contributed by atoms with Gasteiger partial charge in [-0.15, -0.1) is 0 Å². The van der Waals surface area contributed by atoms with E-state index in [2.05, 4.69) is 49.0 Å². The van der Waals surface area contributed by atoms with Crippen molar-refractivity contribution in [3.8, 4) is 0 Å². The van der Waals surface area contributed by atoms with Crippen LogP contribution in [-0.2, 0) is 0 Å². The Morgan fingerprint density at radius 3 is 2.74 bits per heavy atom. The molecule has 0 bridgehead atoms. The van der Waals surface area contributed by atoms with E-state index in [4.69, 9.17) is 0 Å². The van der Waals surface area contributed by atoms with Crippen molar-refractivity contribution in [2.75, 3.05) is 18.5 Å². The normalized spacial score (nSPS) is 17.6. The van der Waals surface area contributed by atoms with Gasteiger partial charge < -0.3 is 9.88 Å². The molecule has 1 aromatic carbocycles. The summed E-state index contributed by atoms with van der Waals surface area (Å²) >= 11 is 0. The first kappa shape index (κ1) is 12.0. The number of aryl methyl sites for hydroxylation is 2. The Morgan fingerprint density at radius 2 is 2.05 bits per heavy atom. The maximum absolute atomic E-state index is 10.9. The number of likely N-dealkylation sites (N-methyl/N-ethyl adjacent to an activating group) is 1. The zero-order chi connectivity index (χ0) is 13.6. The first-order valence-electron chi connectivity index (χ1n) is 6.56. The molecule has 98 valence electrons. The van der Waals surface area contributed by atoms with Crippen molar-refractivity contribution >= 4 is 12.0 Å². The number of aromatic amines is 1. The fourth-order valence-corrected chi connectivity index (χ4v) is 2.84. The molecule has 0 radical (unpaired) electrons. The molecule has 1 aromatic heterocycles. The van der Waals surface area contributed by atoms with Gasteiger partial charge in [-0.05, 0) is 36.6 Å². The van der Waals surface area contributed by atoms with Gasteiger partial charge >= 0.3 is 0 Å². The van der Waals surface area contributed by atoms with Crippen molar-refractivity contribution in [3.05, 3.63) is 52.3 Å². The summed E-state index contributed by atoms with van der Waals surface area (Å²) in [6, 6.07) is 8.55. The number of benzene rings is 1. The number of carbonyl (C=O) groups excluding carboxylic acids is 1. The molecule has 0 amide bonds. The van der Waals surface area contributed by atoms with Gasteiger partial charge in [0.25, 0.3) is 0 Å². The Labute approximate surface area is 113 Å². The minimum atomic E-state index is 0.327. The van der Waals surface area contributed by atoms with E-state index in [1.807, 2.05) is 6.07 Å². The van der Waals surface area contributed by atoms with Gasteiger partial charge in [-0.1, -0.05) is 18.2 Å². The Kier molecular flexibility index (Phi) is 2.70. The number of hydrogen-bond donors (Lipinski definition) is 1. The van der Waals surface area contributed by atoms with E-state index in [0.29, 0.717) is 11.6 Å². The molecular formula is C16H18N2O. The third-order valence-electron chi connectivity index (χ3n) is 4.12. The molecule has 1 unspecified atom stereocenters. The quantitative estimate of drug-likeness (QED) is 0.836. The minimum absolute atomic E-state index is 0.327. The van der Waals surface area contributed by atoms with Crippen LogP contribution in [0, 0.1) is 13.8 Å². The van der Waals surface area contributed by atoms with Crippen LogP contribution in [0.3, 0.4) is 0 Å². The predicted molar refractivity (Wildman–Crippen MR) is 77.2 cm³/mol. The molecule has 1 aliphatic heterocycles. The Morgan fingerprint density at radius 1 is 1.26 bits per heavy atom. The Balaban J connectivity index is 2.05. The Bertz CT molecular complexity index is 642. The monoisotopic (exact) mass is 254 g/mol. The number of hydrogen-bond acceptors (Lipinski definition) is 2. The first-order valence-corrected chi connectivity index (χ1v) is 6.56. The average Bonchev–Trinajstić information content (AvgIpc) is 2.94. The van der Waals surface area contributed by atoms with Gasteiger partial charge in [-0.2, -0.15) is 0 Å². The van der Waals surface area contributed by atoms with Crippen LogP contribution in [0.5, 0.6) is 0 Å². The number of aldehydes is 1. The second kappa shape index (κ2) is 4.26. The molecule has 2 heterocycles. The molecule has 0 fully saturated rings. The molecule has 2 aromatic rings. The molecule has 1 atom stereocenters. The van der Waals surface area contributed by atoms with Crippen LogP contribution < -0.4 is 4.90 Å². The molecule has 3 nitrogen and oxygen atoms in total. The van der Waals surface area contributed by atoms with Crippen molar-refractivity contribution in [1.82, 2.24) is 4.98 Å². The van der Waals surface area contributed by atoms with E-state index in [1.165, 1.54) is 16.7 Å². The maximum atomic E-state index is 10.9. The summed E-state index contributed by atoms with van der Waals surface area (Å²) in [5.74, 6) is 0.327. The van der Waals surface area contributed by atoms with Crippen molar-refractivity contribution in [2.24, 2.45) is 0 Å². The molecule has 0 aliphatic carbocycles. The number of fused-ring (bicyclic) bond motifs is 1. The van der Waals surface area contributed by atoms with Crippen LogP contribution in [0.4, 0.5) is 5.69 Å². The van der Waals surface area contributed by atoms with Gasteiger partial charge in [-0.3, -0.25) is 4.79 Å². The second-order valence-electron chi connectivity index (χ2n) is 5.42. The van der Waals surface area contributed by atoms with Crippen molar-refractivity contribution in [2.45, 2.75) is 19.8 Å². The third kappa shape index (κ3) is 1.86. The fraction of sp³-hybridized carbons (Fsp3) is 0.312. The lowest BCUT2D eigenvalue weighted by Crippen LogP contribution is -2.16. The van der Waals surface area contributed by atoms with Crippen molar-refractivity contribution in [3.63, 3.8) is 0 Å². The van der Waals surface area contributed by atoms with Crippen molar-refractivity contribution < 1.29 is 4.79 Å². The lowest BCUT2D eigenvalue weighted by Gasteiger charge is -2.15. The molecule has 1 aliphatic rings. The first-order chi connectivity index (χ1) is 9.10. The predicted octanol–water partition coefficient (Wildman–Crippen LogP) is 3.03. The summed E-state index contributed by atoms with van der Waals surface area (Å²) in [5, 5.41) is 0. The molecular weight excluding hydrogens is 236 g/mol. The van der Waals surface area contributed by atoms with Gasteiger partial charge in [0, 0.05) is 25.2 Å². The maximum Gasteiger partial charge on any atom is 0.166 e. The molecule has 0 saturated carbocycles. The van der Waals surface area contributed by atoms with E-state index in [9.17, 15) is 4.79 Å². The van der Waals surface area contributed by atoms with Crippen LogP contribution in [0.15, 0.2) is 24.3 Å². The highest BCUT2D eigenvalue weighted by Crippen LogP contribution is 2.39. The lowest BCUT2D eigenvalue weighted by atomic mass is 9.94. The van der Waals surface area contributed by atoms with Gasteiger partial charge in [0.15, 0.2) is 6.29 Å². The third-order valence-corrected chi connectivity index (χ3v) is 4.12. The number of rotatable bonds is 2. The van der Waals surface area contributed by atoms with E-state index in [1.54, 1.807) is 0 Å². The smallest absolute Gasteiger partial charge is 0.166 e. The van der Waals surface area contributed by atoms with Gasteiger partial charge in [0.05, 0.1) is 11.4 Å². The lowest BCUT2D eigenvalue weighted by molar-refractivity contribution is 0.111. The standard InChI is InChI=1S/C16H18N2O/c1-10-4-5-12(6-11(10)2)14-8-18(3)15-7-13(9-19)17-16(14)15/h4-7,9,14,17H,8H2,1-3H3. The van der Waals surface area contributed by atoms with Crippen LogP contribution in [-0.4, -0.2) is 24.9 Å². The number of nitrogens with zero attached hydrogens (tertiary/aromatic N) is 1. The summed E-state index contributed by atoms with van der Waals surface area (Å²) < 4.78 is 0. The number of aromatic nitrogens is 1. The molecule has 1 N–H and O–H groups in total. The highest BCUT2D eigenvalue weighted by atomic mass is 16.1. The zero-order valence-electron chi connectivity index (χ0n) is 11.5. The zero-order valence-corrected chi connectivity index (χ0v) is 11.5. The van der Waals surface area contributed by atoms with Crippen LogP contribution >= 0.6 is 0 Å². The summed E-state index contributed by atoms with van der Waals surface area (Å²) in [6.45, 7) is 5.23. The molecule has 0 spiro atoms. The SMILES string of the molecule is Cc1ccc(C2CN(C)c3cc(C=O)[nH]c32)cc1C. The largest absolute Gasteiger partial charge is 0.372 e. The van der Waals surface area contributed by atoms with Crippen LogP contribution in [0.2, 0.25) is 0 Å². The van der Waals surface area contributed by atoms with E-state index >= 15 is 0 Å². The summed E-state index contributed by atoms with van der Waals surface area (Å²) in [5.41, 5.74) is 6.91. The highest BCUT2D eigenvalue weighted by molar-refractivity contribution is 5.77. The summed E-state index contributed by atoms with van der Waals surface area (Å²) in [4.78, 5) is 16.4. The van der Waals surface area contributed by atoms with Crippen molar-refractivity contribution in [1.29, 1.82) is 0 Å². The summed E-state index contributed by atoms with van der Waals surface area (Å²) in [6.07, 6.45) is 0.879. The number of nitrogens with one attached hydrogen (secondary N) is 1. The van der Waals surface area contributed by atoms with Gasteiger partial charge in [0.2, 0.25) is 0 Å². The summed E-state index contributed by atoms with van der Waals surface area (Å²) in [7, 11) is 2.07. The molecule has 3 heteroatoms. The number of anilines is 1. The fourth-order valence-electron chi connectivity index (χ4n) is 2.84.